The number of fused-ring (bicyclic) bond motifs is 1. The Hall–Kier alpha value is -2.39. The number of para-hydroxylation sites is 1. The highest BCUT2D eigenvalue weighted by Gasteiger charge is 2.15. The van der Waals surface area contributed by atoms with Gasteiger partial charge in [0.1, 0.15) is 5.82 Å². The fourth-order valence-electron chi connectivity index (χ4n) is 4.68. The van der Waals surface area contributed by atoms with E-state index in [1.54, 1.807) is 11.9 Å². The SMILES string of the molecule is C=C/C(=C\C=C(\C)CC)SNC.c1ccc2c(NCCN3CCOCC3)nc(NCC3CCCCC3)nc2c1. The molecule has 8 heteroatoms. The minimum Gasteiger partial charge on any atom is -0.379 e. The Labute approximate surface area is 240 Å². The first-order valence-electron chi connectivity index (χ1n) is 14.5. The van der Waals surface area contributed by atoms with Gasteiger partial charge < -0.3 is 15.4 Å². The largest absolute Gasteiger partial charge is 0.379 e. The van der Waals surface area contributed by atoms with Gasteiger partial charge in [0.25, 0.3) is 0 Å². The molecule has 214 valence electrons. The van der Waals surface area contributed by atoms with Crippen LogP contribution in [0.1, 0.15) is 52.4 Å². The zero-order valence-electron chi connectivity index (χ0n) is 24.2. The molecular weight excluding hydrogens is 504 g/mol. The first-order valence-corrected chi connectivity index (χ1v) is 15.3. The van der Waals surface area contributed by atoms with Crippen molar-refractivity contribution in [3.05, 3.63) is 59.6 Å². The van der Waals surface area contributed by atoms with Crippen molar-refractivity contribution in [1.82, 2.24) is 19.6 Å². The van der Waals surface area contributed by atoms with Gasteiger partial charge >= 0.3 is 0 Å². The third-order valence-electron chi connectivity index (χ3n) is 7.21. The van der Waals surface area contributed by atoms with Gasteiger partial charge in [-0.3, -0.25) is 9.62 Å². The highest BCUT2D eigenvalue weighted by Crippen LogP contribution is 2.25. The number of aromatic nitrogens is 2. The summed E-state index contributed by atoms with van der Waals surface area (Å²) in [6, 6.07) is 8.25. The Balaban J connectivity index is 0.000000298. The molecule has 0 atom stereocenters. The van der Waals surface area contributed by atoms with Crippen LogP contribution in [-0.2, 0) is 4.74 Å². The lowest BCUT2D eigenvalue weighted by Gasteiger charge is -2.26. The van der Waals surface area contributed by atoms with Crippen molar-refractivity contribution in [2.45, 2.75) is 52.4 Å². The van der Waals surface area contributed by atoms with Crippen molar-refractivity contribution >= 4 is 34.6 Å². The van der Waals surface area contributed by atoms with Gasteiger partial charge in [-0.1, -0.05) is 62.6 Å². The van der Waals surface area contributed by atoms with Crippen molar-refractivity contribution in [3.8, 4) is 0 Å². The van der Waals surface area contributed by atoms with E-state index >= 15 is 0 Å². The number of benzene rings is 1. The van der Waals surface area contributed by atoms with Crippen LogP contribution in [0.4, 0.5) is 11.8 Å². The lowest BCUT2D eigenvalue weighted by Crippen LogP contribution is -2.39. The number of ether oxygens (including phenoxy) is 1. The van der Waals surface area contributed by atoms with Crippen LogP contribution in [0.5, 0.6) is 0 Å². The van der Waals surface area contributed by atoms with Crippen LogP contribution in [0.15, 0.2) is 59.6 Å². The maximum Gasteiger partial charge on any atom is 0.225 e. The standard InChI is InChI=1S/C21H31N5O.C10H17NS/c1-2-6-17(7-3-1)16-23-21-24-19-9-5-4-8-18(19)20(25-21)22-10-11-26-12-14-27-15-13-26;1-5-9(3)7-8-10(6-2)12-11-4/h4-5,8-9,17H,1-3,6-7,10-16H2,(H2,22,23,24,25);6-8,11H,2,5H2,1,3-4H3/b;9-7-,10-8+. The van der Waals surface area contributed by atoms with E-state index < -0.39 is 0 Å². The predicted molar refractivity (Wildman–Crippen MR) is 169 cm³/mol. The Morgan fingerprint density at radius 3 is 2.59 bits per heavy atom. The normalized spacial score (nSPS) is 17.4. The molecule has 3 N–H and O–H groups in total. The summed E-state index contributed by atoms with van der Waals surface area (Å²) in [5.41, 5.74) is 2.37. The Morgan fingerprint density at radius 1 is 1.10 bits per heavy atom. The van der Waals surface area contributed by atoms with Crippen LogP contribution in [0, 0.1) is 5.92 Å². The molecule has 0 amide bonds. The number of hydrogen-bond acceptors (Lipinski definition) is 8. The lowest BCUT2D eigenvalue weighted by molar-refractivity contribution is 0.0398. The summed E-state index contributed by atoms with van der Waals surface area (Å²) < 4.78 is 8.43. The quantitative estimate of drug-likeness (QED) is 0.200. The molecule has 39 heavy (non-hydrogen) atoms. The Morgan fingerprint density at radius 2 is 1.87 bits per heavy atom. The molecule has 2 heterocycles. The molecule has 1 saturated carbocycles. The smallest absolute Gasteiger partial charge is 0.225 e. The molecule has 7 nitrogen and oxygen atoms in total. The van der Waals surface area contributed by atoms with E-state index in [9.17, 15) is 0 Å². The molecule has 0 radical (unpaired) electrons. The van der Waals surface area contributed by atoms with Gasteiger partial charge in [0, 0.05) is 43.0 Å². The molecule has 1 aromatic heterocycles. The number of nitrogens with zero attached hydrogens (tertiary/aromatic N) is 3. The average Bonchev–Trinajstić information content (AvgIpc) is 2.99. The summed E-state index contributed by atoms with van der Waals surface area (Å²) >= 11 is 1.58. The molecule has 1 aliphatic heterocycles. The van der Waals surface area contributed by atoms with E-state index in [1.807, 2.05) is 25.3 Å². The van der Waals surface area contributed by atoms with E-state index in [0.717, 1.165) is 85.9 Å². The molecule has 2 aromatic rings. The van der Waals surface area contributed by atoms with Gasteiger partial charge in [0.2, 0.25) is 5.95 Å². The summed E-state index contributed by atoms with van der Waals surface area (Å²) in [6.45, 7) is 14.6. The highest BCUT2D eigenvalue weighted by atomic mass is 32.2. The number of rotatable bonds is 12. The number of allylic oxidation sites excluding steroid dienone is 4. The second-order valence-electron chi connectivity index (χ2n) is 10.1. The predicted octanol–water partition coefficient (Wildman–Crippen LogP) is 6.65. The summed E-state index contributed by atoms with van der Waals surface area (Å²) in [5.74, 6) is 2.43. The molecule has 2 aliphatic rings. The van der Waals surface area contributed by atoms with E-state index in [2.05, 4.69) is 65.0 Å². The summed E-state index contributed by atoms with van der Waals surface area (Å²) in [5, 5.41) is 8.12. The zero-order chi connectivity index (χ0) is 27.7. The topological polar surface area (TPSA) is 74.3 Å². The molecular formula is C31H48N6OS. The molecule has 0 spiro atoms. The number of morpholine rings is 1. The Kier molecular flexibility index (Phi) is 14.4. The van der Waals surface area contributed by atoms with Crippen LogP contribution in [0.25, 0.3) is 10.9 Å². The highest BCUT2D eigenvalue weighted by molar-refractivity contribution is 8.01. The first kappa shape index (κ1) is 31.1. The summed E-state index contributed by atoms with van der Waals surface area (Å²) in [7, 11) is 1.90. The van der Waals surface area contributed by atoms with Gasteiger partial charge in [0.05, 0.1) is 18.7 Å². The average molecular weight is 553 g/mol. The number of nitrogens with one attached hydrogen (secondary N) is 3. The maximum atomic E-state index is 5.42. The molecule has 0 unspecified atom stereocenters. The molecule has 1 aliphatic carbocycles. The molecule has 1 saturated heterocycles. The van der Waals surface area contributed by atoms with Crippen molar-refractivity contribution in [3.63, 3.8) is 0 Å². The second-order valence-corrected chi connectivity index (χ2v) is 11.2. The Bertz CT molecular complexity index is 1060. The van der Waals surface area contributed by atoms with Crippen molar-refractivity contribution in [2.75, 3.05) is 63.6 Å². The van der Waals surface area contributed by atoms with Crippen molar-refractivity contribution in [1.29, 1.82) is 0 Å². The van der Waals surface area contributed by atoms with E-state index in [0.29, 0.717) is 0 Å². The monoisotopic (exact) mass is 552 g/mol. The fraction of sp³-hybridized carbons (Fsp3) is 0.548. The van der Waals surface area contributed by atoms with Gasteiger partial charge in [-0.25, -0.2) is 4.98 Å². The molecule has 1 aromatic carbocycles. The van der Waals surface area contributed by atoms with Crippen LogP contribution < -0.4 is 15.4 Å². The molecule has 4 rings (SSSR count). The van der Waals surface area contributed by atoms with Crippen LogP contribution in [0.2, 0.25) is 0 Å². The molecule has 2 fully saturated rings. The summed E-state index contributed by atoms with van der Waals surface area (Å²) in [6.07, 6.45) is 13.9. The van der Waals surface area contributed by atoms with Crippen LogP contribution >= 0.6 is 11.9 Å². The third kappa shape index (κ3) is 11.3. The van der Waals surface area contributed by atoms with Crippen LogP contribution in [0.3, 0.4) is 0 Å². The number of anilines is 2. The van der Waals surface area contributed by atoms with Gasteiger partial charge in [-0.15, -0.1) is 0 Å². The molecule has 0 bridgehead atoms. The zero-order valence-corrected chi connectivity index (χ0v) is 25.0. The third-order valence-corrected chi connectivity index (χ3v) is 7.95. The lowest BCUT2D eigenvalue weighted by atomic mass is 9.89. The number of hydrogen-bond donors (Lipinski definition) is 3. The van der Waals surface area contributed by atoms with Crippen molar-refractivity contribution in [2.24, 2.45) is 5.92 Å². The minimum absolute atomic E-state index is 0.744. The van der Waals surface area contributed by atoms with E-state index in [1.165, 1.54) is 37.7 Å². The van der Waals surface area contributed by atoms with Crippen molar-refractivity contribution < 1.29 is 4.74 Å². The van der Waals surface area contributed by atoms with Gasteiger partial charge in [-0.05, 0) is 69.3 Å². The summed E-state index contributed by atoms with van der Waals surface area (Å²) in [4.78, 5) is 13.1. The van der Waals surface area contributed by atoms with Gasteiger partial charge in [-0.2, -0.15) is 4.98 Å². The van der Waals surface area contributed by atoms with Crippen LogP contribution in [-0.4, -0.2) is 67.9 Å². The minimum atomic E-state index is 0.744. The van der Waals surface area contributed by atoms with E-state index in [-0.39, 0.29) is 0 Å². The first-order chi connectivity index (χ1) is 19.1. The van der Waals surface area contributed by atoms with Gasteiger partial charge in [0.15, 0.2) is 0 Å². The maximum absolute atomic E-state index is 5.42. The fourth-order valence-corrected chi connectivity index (χ4v) is 5.13. The van der Waals surface area contributed by atoms with E-state index in [4.69, 9.17) is 14.7 Å². The second kappa shape index (κ2) is 18.1.